The second-order valence-corrected chi connectivity index (χ2v) is 9.82. The quantitative estimate of drug-likeness (QED) is 0.467. The highest BCUT2D eigenvalue weighted by molar-refractivity contribution is 5.45. The first kappa shape index (κ1) is 26.0. The number of aromatic nitrogens is 2. The van der Waals surface area contributed by atoms with Crippen LogP contribution in [-0.2, 0) is 17.7 Å². The second kappa shape index (κ2) is 11.9. The van der Waals surface area contributed by atoms with Gasteiger partial charge in [-0.15, -0.1) is 0 Å². The minimum Gasteiger partial charge on any atom is -0.502 e. The Hall–Kier alpha value is -3.58. The van der Waals surface area contributed by atoms with Crippen molar-refractivity contribution in [2.45, 2.75) is 25.1 Å². The molecule has 3 aromatic rings. The molecule has 3 heterocycles. The summed E-state index contributed by atoms with van der Waals surface area (Å²) in [6.07, 6.45) is 0.458. The smallest absolute Gasteiger partial charge is 0.293 e. The number of aromatic amines is 1. The highest BCUT2D eigenvalue weighted by atomic mass is 19.1. The number of morpholine rings is 1. The number of alkyl halides is 1. The van der Waals surface area contributed by atoms with Crippen molar-refractivity contribution in [1.29, 1.82) is 0 Å². The van der Waals surface area contributed by atoms with Gasteiger partial charge in [0, 0.05) is 62.7 Å². The Morgan fingerprint density at radius 3 is 2.50 bits per heavy atom. The molecule has 2 aliphatic heterocycles. The number of H-pyrrole nitrogens is 1. The molecule has 0 radical (unpaired) electrons. The maximum Gasteiger partial charge on any atom is 0.293 e. The Morgan fingerprint density at radius 2 is 1.79 bits per heavy atom. The SMILES string of the molecule is O=c1[nH]cnc(C[C@H](CN2CC(F)C2)c2ccc(C#Cc3ccc(CN4CCOCC4)cc3)cc2F)c1O. The molecule has 0 bridgehead atoms. The zero-order valence-electron chi connectivity index (χ0n) is 21.0. The van der Waals surface area contributed by atoms with E-state index in [0.717, 1.165) is 38.4 Å². The normalized spacial score (nSPS) is 17.4. The molecule has 1 aromatic heterocycles. The minimum atomic E-state index is -0.891. The number of nitrogens with zero attached hydrogens (tertiary/aromatic N) is 3. The molecule has 7 nitrogen and oxygen atoms in total. The van der Waals surface area contributed by atoms with Crippen molar-refractivity contribution >= 4 is 0 Å². The third kappa shape index (κ3) is 6.45. The second-order valence-electron chi connectivity index (χ2n) is 9.82. The number of hydrogen-bond acceptors (Lipinski definition) is 6. The van der Waals surface area contributed by atoms with Gasteiger partial charge in [0.05, 0.1) is 25.2 Å². The molecule has 5 rings (SSSR count). The Balaban J connectivity index is 1.30. The summed E-state index contributed by atoms with van der Waals surface area (Å²) in [6.45, 7) is 5.21. The first-order chi connectivity index (χ1) is 18.4. The van der Waals surface area contributed by atoms with Crippen molar-refractivity contribution in [3.8, 4) is 17.6 Å². The van der Waals surface area contributed by atoms with E-state index in [1.807, 2.05) is 17.0 Å². The molecule has 0 aliphatic carbocycles. The van der Waals surface area contributed by atoms with Crippen molar-refractivity contribution in [1.82, 2.24) is 19.8 Å². The molecule has 2 N–H and O–H groups in total. The van der Waals surface area contributed by atoms with E-state index in [0.29, 0.717) is 17.7 Å². The molecule has 9 heteroatoms. The summed E-state index contributed by atoms with van der Waals surface area (Å²) in [5.41, 5.74) is 2.52. The first-order valence-electron chi connectivity index (χ1n) is 12.8. The van der Waals surface area contributed by atoms with Gasteiger partial charge in [0.25, 0.3) is 5.56 Å². The lowest BCUT2D eigenvalue weighted by Gasteiger charge is -2.37. The molecule has 0 unspecified atom stereocenters. The van der Waals surface area contributed by atoms with E-state index in [4.69, 9.17) is 4.74 Å². The highest BCUT2D eigenvalue weighted by Gasteiger charge is 2.30. The highest BCUT2D eigenvalue weighted by Crippen LogP contribution is 2.28. The molecule has 2 aliphatic rings. The summed E-state index contributed by atoms with van der Waals surface area (Å²) in [6, 6.07) is 12.9. The Morgan fingerprint density at radius 1 is 1.08 bits per heavy atom. The summed E-state index contributed by atoms with van der Waals surface area (Å²) in [4.78, 5) is 22.4. The van der Waals surface area contributed by atoms with Gasteiger partial charge in [0.2, 0.25) is 5.75 Å². The van der Waals surface area contributed by atoms with Crippen LogP contribution in [0.15, 0.2) is 53.6 Å². The van der Waals surface area contributed by atoms with Crippen LogP contribution in [0, 0.1) is 17.7 Å². The van der Waals surface area contributed by atoms with Crippen LogP contribution in [0.4, 0.5) is 8.78 Å². The van der Waals surface area contributed by atoms with Crippen LogP contribution in [0.5, 0.6) is 5.75 Å². The van der Waals surface area contributed by atoms with E-state index in [-0.39, 0.29) is 25.2 Å². The number of ether oxygens (including phenoxy) is 1. The number of benzene rings is 2. The van der Waals surface area contributed by atoms with Gasteiger partial charge < -0.3 is 14.8 Å². The molecule has 0 spiro atoms. The van der Waals surface area contributed by atoms with Crippen molar-refractivity contribution in [3.05, 3.63) is 92.9 Å². The molecule has 2 aromatic carbocycles. The largest absolute Gasteiger partial charge is 0.502 e. The van der Waals surface area contributed by atoms with E-state index in [1.165, 1.54) is 18.0 Å². The average molecular weight is 521 g/mol. The molecule has 198 valence electrons. The predicted octanol–water partition coefficient (Wildman–Crippen LogP) is 2.83. The molecule has 2 saturated heterocycles. The fourth-order valence-corrected chi connectivity index (χ4v) is 4.84. The summed E-state index contributed by atoms with van der Waals surface area (Å²) in [5.74, 6) is 4.77. The third-order valence-electron chi connectivity index (χ3n) is 6.99. The zero-order chi connectivity index (χ0) is 26.5. The molecule has 1 atom stereocenters. The number of rotatable bonds is 7. The Bertz CT molecular complexity index is 1370. The van der Waals surface area contributed by atoms with Crippen LogP contribution in [-0.4, -0.2) is 77.0 Å². The van der Waals surface area contributed by atoms with Crippen LogP contribution < -0.4 is 5.56 Å². The summed E-state index contributed by atoms with van der Waals surface area (Å²) in [5, 5.41) is 10.1. The van der Waals surface area contributed by atoms with Crippen LogP contribution in [0.25, 0.3) is 0 Å². The fourth-order valence-electron chi connectivity index (χ4n) is 4.84. The number of hydrogen-bond donors (Lipinski definition) is 2. The minimum absolute atomic E-state index is 0.141. The van der Waals surface area contributed by atoms with Crippen LogP contribution in [0.3, 0.4) is 0 Å². The number of halogens is 2. The summed E-state index contributed by atoms with van der Waals surface area (Å²) >= 11 is 0. The lowest BCUT2D eigenvalue weighted by Crippen LogP contribution is -2.50. The maximum absolute atomic E-state index is 15.3. The van der Waals surface area contributed by atoms with Gasteiger partial charge >= 0.3 is 0 Å². The zero-order valence-corrected chi connectivity index (χ0v) is 21.0. The fraction of sp³-hybridized carbons (Fsp3) is 0.379. The van der Waals surface area contributed by atoms with E-state index in [2.05, 4.69) is 38.8 Å². The van der Waals surface area contributed by atoms with E-state index >= 15 is 4.39 Å². The monoisotopic (exact) mass is 520 g/mol. The molecular weight excluding hydrogens is 490 g/mol. The van der Waals surface area contributed by atoms with Gasteiger partial charge in [-0.3, -0.25) is 14.6 Å². The van der Waals surface area contributed by atoms with Gasteiger partial charge in [-0.05, 0) is 35.4 Å². The number of likely N-dealkylation sites (tertiary alicyclic amines) is 1. The molecular formula is C29H30F2N4O3. The van der Waals surface area contributed by atoms with Crippen molar-refractivity contribution in [2.75, 3.05) is 45.9 Å². The Kier molecular flexibility index (Phi) is 8.13. The maximum atomic E-state index is 15.3. The van der Waals surface area contributed by atoms with Crippen LogP contribution in [0.2, 0.25) is 0 Å². The average Bonchev–Trinajstić information content (AvgIpc) is 2.90. The first-order valence-corrected chi connectivity index (χ1v) is 12.8. The number of nitrogens with one attached hydrogen (secondary N) is 1. The van der Waals surface area contributed by atoms with Gasteiger partial charge in [-0.25, -0.2) is 13.8 Å². The van der Waals surface area contributed by atoms with Crippen molar-refractivity contribution in [2.24, 2.45) is 0 Å². The van der Waals surface area contributed by atoms with Gasteiger partial charge in [0.15, 0.2) is 0 Å². The molecule has 0 amide bonds. The van der Waals surface area contributed by atoms with E-state index < -0.39 is 29.2 Å². The molecule has 2 fully saturated rings. The van der Waals surface area contributed by atoms with Crippen molar-refractivity contribution < 1.29 is 18.6 Å². The molecule has 0 saturated carbocycles. The third-order valence-corrected chi connectivity index (χ3v) is 6.99. The lowest BCUT2D eigenvalue weighted by atomic mass is 9.91. The van der Waals surface area contributed by atoms with Gasteiger partial charge in [0.1, 0.15) is 12.0 Å². The van der Waals surface area contributed by atoms with Crippen LogP contribution in [0.1, 0.15) is 33.9 Å². The van der Waals surface area contributed by atoms with E-state index in [9.17, 15) is 14.3 Å². The lowest BCUT2D eigenvalue weighted by molar-refractivity contribution is 0.0342. The molecule has 38 heavy (non-hydrogen) atoms. The summed E-state index contributed by atoms with van der Waals surface area (Å²) < 4.78 is 34.1. The predicted molar refractivity (Wildman–Crippen MR) is 139 cm³/mol. The Labute approximate surface area is 220 Å². The van der Waals surface area contributed by atoms with Gasteiger partial charge in [-0.1, -0.05) is 30.0 Å². The number of aromatic hydroxyl groups is 1. The summed E-state index contributed by atoms with van der Waals surface area (Å²) in [7, 11) is 0. The van der Waals surface area contributed by atoms with Crippen molar-refractivity contribution in [3.63, 3.8) is 0 Å². The standard InChI is InChI=1S/C29H30F2N4O3/c30-24-17-35(18-24)16-23(14-27-28(36)29(37)33-19-32-27)25-8-7-21(13-26(25)31)4-1-20-2-5-22(6-3-20)15-34-9-11-38-12-10-34/h2-3,5-8,13,19,23-24,36H,9-12,14-18H2,(H,32,33,37)/t23-/m1/s1. The van der Waals surface area contributed by atoms with Gasteiger partial charge in [-0.2, -0.15) is 0 Å². The van der Waals surface area contributed by atoms with E-state index in [1.54, 1.807) is 12.1 Å². The topological polar surface area (TPSA) is 81.7 Å². The van der Waals surface area contributed by atoms with Crippen LogP contribution >= 0.6 is 0 Å².